The van der Waals surface area contributed by atoms with Gasteiger partial charge in [-0.15, -0.1) is 0 Å². The summed E-state index contributed by atoms with van der Waals surface area (Å²) in [6, 6.07) is 84.2. The molecule has 8 fully saturated rings. The van der Waals surface area contributed by atoms with Crippen LogP contribution >= 0.6 is 29.0 Å². The summed E-state index contributed by atoms with van der Waals surface area (Å²) >= 11 is 0. The van der Waals surface area contributed by atoms with Crippen LogP contribution < -0.4 is 42.4 Å². The molecule has 0 saturated carbocycles. The minimum absolute atomic E-state index is 0.494. The Morgan fingerprint density at radius 3 is 0.443 bits per heavy atom. The maximum atomic E-state index is 6.08. The molecule has 0 unspecified atom stereocenters. The van der Waals surface area contributed by atoms with Crippen molar-refractivity contribution < 1.29 is 37.9 Å². The first-order valence-electron chi connectivity index (χ1n) is 41.7. The van der Waals surface area contributed by atoms with E-state index in [4.69, 9.17) is 37.9 Å². The summed E-state index contributed by atoms with van der Waals surface area (Å²) in [7, 11) is -11.6. The van der Waals surface area contributed by atoms with Gasteiger partial charge in [-0.2, -0.15) is 0 Å². The molecule has 8 aromatic rings. The van der Waals surface area contributed by atoms with Gasteiger partial charge in [-0.3, -0.25) is 0 Å². The van der Waals surface area contributed by atoms with E-state index in [1.54, 1.807) is 42.4 Å². The molecule has 8 nitrogen and oxygen atoms in total. The van der Waals surface area contributed by atoms with Crippen molar-refractivity contribution >= 4 is 71.5 Å². The van der Waals surface area contributed by atoms with Crippen molar-refractivity contribution in [1.82, 2.24) is 0 Å². The van der Waals surface area contributed by atoms with Gasteiger partial charge in [0, 0.05) is 0 Å². The predicted octanol–water partition coefficient (Wildman–Crippen LogP) is 16.9. The van der Waals surface area contributed by atoms with Crippen molar-refractivity contribution in [2.24, 2.45) is 0 Å². The molecule has 566 valence electrons. The zero-order valence-corrected chi connectivity index (χ0v) is 67.8. The standard InChI is InChI=1S/C94H122O8P4/c1-103(87-19-3-71(4-20-87)79-35-51-95-52-36-79,88-21-5-72(6-22-88)80-37-53-96-54-38-80)69-105(91-27-11-75(12-28-91)83-43-59-99-60-44-83,92-29-13-76(14-30-92)84-45-61-100-62-46-84)67-68-106(93-31-15-77(16-32-93)85-47-63-101-64-48-85,94-33-17-78(18-34-94)86-49-65-102-66-50-86)70-104(2,89-23-7-73(8-24-89)81-39-55-97-56-40-81)90-25-9-74(10-26-90)82-41-57-98-58-42-82/h3-34,79-86,103-106H,35-70H2,1-2H3. The van der Waals surface area contributed by atoms with Crippen molar-refractivity contribution in [1.29, 1.82) is 0 Å². The van der Waals surface area contributed by atoms with E-state index in [0.717, 1.165) is 233 Å². The molecule has 106 heavy (non-hydrogen) atoms. The van der Waals surface area contributed by atoms with Crippen LogP contribution in [0.4, 0.5) is 0 Å². The molecule has 8 aliphatic heterocycles. The molecule has 0 N–H and O–H groups in total. The maximum absolute atomic E-state index is 6.08. The first-order chi connectivity index (χ1) is 52.2. The number of rotatable bonds is 23. The van der Waals surface area contributed by atoms with Gasteiger partial charge in [0.15, 0.2) is 0 Å². The fraction of sp³-hybridized carbons (Fsp3) is 0.489. The summed E-state index contributed by atoms with van der Waals surface area (Å²) < 4.78 is 48.3. The second-order valence-electron chi connectivity index (χ2n) is 33.8. The Kier molecular flexibility index (Phi) is 25.0. The number of hydrogen-bond acceptors (Lipinski definition) is 8. The first-order valence-corrected chi connectivity index (χ1v) is 51.9. The number of benzene rings is 8. The molecular weight excluding hydrogens is 1380 g/mol. The fourth-order valence-electron chi connectivity index (χ4n) is 20.9. The van der Waals surface area contributed by atoms with Crippen LogP contribution in [-0.4, -0.2) is 143 Å². The van der Waals surface area contributed by atoms with E-state index < -0.39 is 29.0 Å². The van der Waals surface area contributed by atoms with Gasteiger partial charge in [0.1, 0.15) is 0 Å². The Hall–Kier alpha value is -4.84. The molecule has 0 bridgehead atoms. The minimum atomic E-state index is -3.04. The summed E-state index contributed by atoms with van der Waals surface area (Å²) in [5, 5.41) is 12.6. The molecule has 0 spiro atoms. The molecule has 8 saturated heterocycles. The average molecular weight is 1500 g/mol. The van der Waals surface area contributed by atoms with Crippen LogP contribution in [-0.2, 0) is 37.9 Å². The van der Waals surface area contributed by atoms with Crippen LogP contribution in [0.15, 0.2) is 194 Å². The van der Waals surface area contributed by atoms with Gasteiger partial charge in [-0.25, -0.2) is 0 Å². The molecule has 8 aliphatic rings. The zero-order valence-electron chi connectivity index (χ0n) is 63.8. The van der Waals surface area contributed by atoms with Crippen LogP contribution in [0.3, 0.4) is 0 Å². The van der Waals surface area contributed by atoms with Crippen LogP contribution in [0.2, 0.25) is 0 Å². The molecule has 12 heteroatoms. The number of ether oxygens (including phenoxy) is 8. The Morgan fingerprint density at radius 2 is 0.311 bits per heavy atom. The molecular formula is C94H122O8P4. The monoisotopic (exact) mass is 1500 g/mol. The predicted molar refractivity (Wildman–Crippen MR) is 456 cm³/mol. The third-order valence-corrected chi connectivity index (χ3v) is 53.3. The third kappa shape index (κ3) is 16.8. The Bertz CT molecular complexity index is 3520. The molecule has 16 rings (SSSR count). The van der Waals surface area contributed by atoms with Gasteiger partial charge in [0.05, 0.1) is 0 Å². The normalized spacial score (nSPS) is 21.2. The van der Waals surface area contributed by atoms with Crippen LogP contribution in [0.25, 0.3) is 0 Å². The second kappa shape index (κ2) is 35.2. The fourth-order valence-corrected chi connectivity index (χ4v) is 51.2. The van der Waals surface area contributed by atoms with E-state index in [-0.39, 0.29) is 0 Å². The van der Waals surface area contributed by atoms with E-state index in [0.29, 0.717) is 47.3 Å². The van der Waals surface area contributed by atoms with Gasteiger partial charge < -0.3 is 0 Å². The Labute approximate surface area is 637 Å². The van der Waals surface area contributed by atoms with Gasteiger partial charge in [-0.1, -0.05) is 0 Å². The molecule has 8 aromatic carbocycles. The molecule has 0 aliphatic carbocycles. The topological polar surface area (TPSA) is 73.8 Å². The van der Waals surface area contributed by atoms with E-state index >= 15 is 0 Å². The second-order valence-corrected chi connectivity index (χ2v) is 51.9. The third-order valence-electron chi connectivity index (χ3n) is 27.9. The van der Waals surface area contributed by atoms with Crippen molar-refractivity contribution in [2.45, 2.75) is 150 Å². The SMILES string of the molecule is C[PH](C[PH](CC[PH](C[PH](C)(c1ccc(C2CCOCC2)cc1)c1ccc(C2CCOCC2)cc1)(c1ccc(C2CCOCC2)cc1)c1ccc(C2CCOCC2)cc1)(c1ccc(C2CCOCC2)cc1)c1ccc(C2CCOCC2)cc1)(c1ccc(C2CCOCC2)cc1)c1ccc(C2CCOCC2)cc1. The van der Waals surface area contributed by atoms with Crippen molar-refractivity contribution in [3.05, 3.63) is 239 Å². The molecule has 0 aromatic heterocycles. The van der Waals surface area contributed by atoms with Crippen LogP contribution in [0, 0.1) is 0 Å². The van der Waals surface area contributed by atoms with Gasteiger partial charge in [-0.05, 0) is 0 Å². The van der Waals surface area contributed by atoms with Crippen molar-refractivity contribution in [2.75, 3.05) is 143 Å². The number of hydrogen-bond donors (Lipinski definition) is 0. The van der Waals surface area contributed by atoms with Crippen molar-refractivity contribution in [3.63, 3.8) is 0 Å². The average Bonchev–Trinajstić information content (AvgIpc) is 0.732. The Morgan fingerprint density at radius 1 is 0.189 bits per heavy atom. The molecule has 8 heterocycles. The van der Waals surface area contributed by atoms with E-state index in [2.05, 4.69) is 207 Å². The Balaban J connectivity index is 0.928. The summed E-state index contributed by atoms with van der Waals surface area (Å²) in [6.07, 6.45) is 19.5. The van der Waals surface area contributed by atoms with Crippen LogP contribution in [0.5, 0.6) is 0 Å². The van der Waals surface area contributed by atoms with Gasteiger partial charge in [0.2, 0.25) is 0 Å². The summed E-state index contributed by atoms with van der Waals surface area (Å²) in [4.78, 5) is 0. The molecule has 0 amide bonds. The van der Waals surface area contributed by atoms with Crippen molar-refractivity contribution in [3.8, 4) is 0 Å². The molecule has 0 radical (unpaired) electrons. The summed E-state index contributed by atoms with van der Waals surface area (Å²) in [6.45, 7) is 19.0. The quantitative estimate of drug-likeness (QED) is 0.0587. The van der Waals surface area contributed by atoms with Crippen LogP contribution in [0.1, 0.15) is 195 Å². The first kappa shape index (κ1) is 75.2. The summed E-state index contributed by atoms with van der Waals surface area (Å²) in [5.74, 6) is 6.34. The van der Waals surface area contributed by atoms with Gasteiger partial charge in [0.25, 0.3) is 0 Å². The van der Waals surface area contributed by atoms with E-state index in [1.807, 2.05) is 0 Å². The summed E-state index contributed by atoms with van der Waals surface area (Å²) in [5.41, 5.74) is 11.8. The van der Waals surface area contributed by atoms with E-state index in [9.17, 15) is 0 Å². The molecule has 0 atom stereocenters. The van der Waals surface area contributed by atoms with E-state index in [1.165, 1.54) is 44.5 Å². The zero-order chi connectivity index (χ0) is 71.6. The van der Waals surface area contributed by atoms with Gasteiger partial charge >= 0.3 is 641 Å².